The molecule has 1 heterocycles. The molecule has 1 aliphatic heterocycles. The second-order valence-corrected chi connectivity index (χ2v) is 7.61. The number of benzene rings is 1. The van der Waals surface area contributed by atoms with Gasteiger partial charge in [0.05, 0.1) is 0 Å². The molecule has 2 rings (SSSR count). The van der Waals surface area contributed by atoms with E-state index in [-0.39, 0.29) is 5.91 Å². The maximum atomic E-state index is 12.8. The zero-order chi connectivity index (χ0) is 17.6. The lowest BCUT2D eigenvalue weighted by Crippen LogP contribution is -2.58. The largest absolute Gasteiger partial charge is 0.379 e. The second-order valence-electron chi connectivity index (χ2n) is 7.61. The molecule has 1 fully saturated rings. The first-order chi connectivity index (χ1) is 11.4. The van der Waals surface area contributed by atoms with Gasteiger partial charge >= 0.3 is 0 Å². The molecule has 24 heavy (non-hydrogen) atoms. The Morgan fingerprint density at radius 2 is 2.00 bits per heavy atom. The molecule has 1 aromatic carbocycles. The zero-order valence-electron chi connectivity index (χ0n) is 15.4. The highest BCUT2D eigenvalue weighted by molar-refractivity contribution is 5.86. The van der Waals surface area contributed by atoms with Crippen LogP contribution >= 0.6 is 0 Å². The van der Waals surface area contributed by atoms with Gasteiger partial charge in [-0.25, -0.2) is 0 Å². The fourth-order valence-corrected chi connectivity index (χ4v) is 3.68. The number of aryl methyl sites for hydroxylation is 1. The molecule has 0 saturated carbocycles. The number of rotatable bonds is 8. The first kappa shape index (κ1) is 18.9. The number of carbonyl (C=O) groups excluding carboxylic acids is 1. The standard InChI is InChI=1S/C20H32N2O2/c1-17(2)15-21(3)16-20(24)12-8-14-22(19(20)23)13-7-11-18-9-5-4-6-10-18/h4-6,9-10,17,24H,7-8,11-16H2,1-3H3/t20-/m0/s1. The molecule has 4 nitrogen and oxygen atoms in total. The van der Waals surface area contributed by atoms with Crippen molar-refractivity contribution in [2.24, 2.45) is 5.92 Å². The van der Waals surface area contributed by atoms with Crippen LogP contribution in [-0.2, 0) is 11.2 Å². The third kappa shape index (κ3) is 5.32. The van der Waals surface area contributed by atoms with Crippen LogP contribution in [0.25, 0.3) is 0 Å². The lowest BCUT2D eigenvalue weighted by molar-refractivity contribution is -0.159. The molecule has 1 N–H and O–H groups in total. The Kier molecular flexibility index (Phi) is 6.81. The molecule has 1 aromatic rings. The smallest absolute Gasteiger partial charge is 0.255 e. The SMILES string of the molecule is CC(C)CN(C)C[C@@]1(O)CCCN(CCCc2ccccc2)C1=O. The van der Waals surface area contributed by atoms with Crippen LogP contribution in [-0.4, -0.2) is 59.6 Å². The van der Waals surface area contributed by atoms with E-state index in [1.54, 1.807) is 0 Å². The van der Waals surface area contributed by atoms with Crippen molar-refractivity contribution in [3.05, 3.63) is 35.9 Å². The fourth-order valence-electron chi connectivity index (χ4n) is 3.68. The molecule has 1 amide bonds. The predicted octanol–water partition coefficient (Wildman–Crippen LogP) is 2.56. The lowest BCUT2D eigenvalue weighted by atomic mass is 9.90. The van der Waals surface area contributed by atoms with Crippen molar-refractivity contribution in [1.29, 1.82) is 0 Å². The van der Waals surface area contributed by atoms with Crippen molar-refractivity contribution in [3.8, 4) is 0 Å². The van der Waals surface area contributed by atoms with Gasteiger partial charge in [-0.3, -0.25) is 4.79 Å². The van der Waals surface area contributed by atoms with Crippen molar-refractivity contribution < 1.29 is 9.90 Å². The Bertz CT molecular complexity index is 518. The normalized spacial score (nSPS) is 21.8. The Balaban J connectivity index is 1.86. The fraction of sp³-hybridized carbons (Fsp3) is 0.650. The van der Waals surface area contributed by atoms with Crippen LogP contribution < -0.4 is 0 Å². The van der Waals surface area contributed by atoms with Gasteiger partial charge < -0.3 is 14.9 Å². The molecular weight excluding hydrogens is 300 g/mol. The first-order valence-electron chi connectivity index (χ1n) is 9.15. The average Bonchev–Trinajstić information content (AvgIpc) is 2.52. The summed E-state index contributed by atoms with van der Waals surface area (Å²) >= 11 is 0. The third-order valence-electron chi connectivity index (χ3n) is 4.65. The maximum absolute atomic E-state index is 12.8. The lowest BCUT2D eigenvalue weighted by Gasteiger charge is -2.40. The molecular formula is C20H32N2O2. The van der Waals surface area contributed by atoms with E-state index < -0.39 is 5.60 Å². The molecule has 1 saturated heterocycles. The Morgan fingerprint density at radius 1 is 1.29 bits per heavy atom. The number of nitrogens with zero attached hydrogens (tertiary/aromatic N) is 2. The Morgan fingerprint density at radius 3 is 2.67 bits per heavy atom. The highest BCUT2D eigenvalue weighted by Gasteiger charge is 2.42. The minimum absolute atomic E-state index is 0.0857. The van der Waals surface area contributed by atoms with E-state index in [1.165, 1.54) is 5.56 Å². The van der Waals surface area contributed by atoms with E-state index in [2.05, 4.69) is 30.9 Å². The van der Waals surface area contributed by atoms with Crippen LogP contribution in [0.1, 0.15) is 38.7 Å². The summed E-state index contributed by atoms with van der Waals surface area (Å²) in [5.74, 6) is 0.441. The van der Waals surface area contributed by atoms with E-state index >= 15 is 0 Å². The quantitative estimate of drug-likeness (QED) is 0.796. The number of likely N-dealkylation sites (N-methyl/N-ethyl adjacent to an activating group) is 1. The number of hydrogen-bond acceptors (Lipinski definition) is 3. The zero-order valence-corrected chi connectivity index (χ0v) is 15.4. The van der Waals surface area contributed by atoms with Crippen LogP contribution in [0.4, 0.5) is 0 Å². The van der Waals surface area contributed by atoms with Crippen LogP contribution in [0.2, 0.25) is 0 Å². The number of aliphatic hydroxyl groups is 1. The van der Waals surface area contributed by atoms with Gasteiger partial charge in [-0.2, -0.15) is 0 Å². The summed E-state index contributed by atoms with van der Waals surface area (Å²) < 4.78 is 0. The van der Waals surface area contributed by atoms with Crippen LogP contribution in [0.15, 0.2) is 30.3 Å². The summed E-state index contributed by atoms with van der Waals surface area (Å²) in [6.07, 6.45) is 3.36. The minimum Gasteiger partial charge on any atom is -0.379 e. The van der Waals surface area contributed by atoms with Crippen molar-refractivity contribution in [3.63, 3.8) is 0 Å². The Labute approximate surface area is 146 Å². The summed E-state index contributed by atoms with van der Waals surface area (Å²) in [5, 5.41) is 10.9. The molecule has 0 aliphatic carbocycles. The van der Waals surface area contributed by atoms with E-state index in [4.69, 9.17) is 0 Å². The summed E-state index contributed by atoms with van der Waals surface area (Å²) in [6, 6.07) is 10.4. The van der Waals surface area contributed by atoms with Crippen molar-refractivity contribution in [2.75, 3.05) is 33.2 Å². The Hall–Kier alpha value is -1.39. The van der Waals surface area contributed by atoms with E-state index in [1.807, 2.05) is 30.1 Å². The molecule has 134 valence electrons. The molecule has 0 bridgehead atoms. The molecule has 0 radical (unpaired) electrons. The molecule has 4 heteroatoms. The van der Waals surface area contributed by atoms with Gasteiger partial charge in [0.2, 0.25) is 0 Å². The van der Waals surface area contributed by atoms with Crippen molar-refractivity contribution in [2.45, 2.75) is 45.1 Å². The van der Waals surface area contributed by atoms with Crippen LogP contribution in [0.3, 0.4) is 0 Å². The highest BCUT2D eigenvalue weighted by atomic mass is 16.3. The molecule has 1 atom stereocenters. The van der Waals surface area contributed by atoms with Gasteiger partial charge in [0.1, 0.15) is 0 Å². The molecule has 0 spiro atoms. The number of piperidine rings is 1. The number of amides is 1. The van der Waals surface area contributed by atoms with Crippen molar-refractivity contribution >= 4 is 5.91 Å². The number of hydrogen-bond donors (Lipinski definition) is 1. The number of likely N-dealkylation sites (tertiary alicyclic amines) is 1. The highest BCUT2D eigenvalue weighted by Crippen LogP contribution is 2.24. The summed E-state index contributed by atoms with van der Waals surface area (Å²) in [4.78, 5) is 16.7. The average molecular weight is 332 g/mol. The van der Waals surface area contributed by atoms with Gasteiger partial charge in [0.15, 0.2) is 5.60 Å². The summed E-state index contributed by atoms with van der Waals surface area (Å²) in [5.41, 5.74) is 0.0862. The summed E-state index contributed by atoms with van der Waals surface area (Å²) in [7, 11) is 1.99. The van der Waals surface area contributed by atoms with Gasteiger partial charge in [0.25, 0.3) is 5.91 Å². The summed E-state index contributed by atoms with van der Waals surface area (Å²) in [6.45, 7) is 7.12. The second kappa shape index (κ2) is 8.63. The molecule has 1 aliphatic rings. The van der Waals surface area contributed by atoms with Gasteiger partial charge in [-0.05, 0) is 44.2 Å². The van der Waals surface area contributed by atoms with Crippen LogP contribution in [0.5, 0.6) is 0 Å². The third-order valence-corrected chi connectivity index (χ3v) is 4.65. The van der Waals surface area contributed by atoms with Gasteiger partial charge in [-0.15, -0.1) is 0 Å². The predicted molar refractivity (Wildman–Crippen MR) is 97.9 cm³/mol. The van der Waals surface area contributed by atoms with Gasteiger partial charge in [-0.1, -0.05) is 44.2 Å². The van der Waals surface area contributed by atoms with Gasteiger partial charge in [0, 0.05) is 26.2 Å². The molecule has 0 unspecified atom stereocenters. The minimum atomic E-state index is -1.21. The van der Waals surface area contributed by atoms with E-state index in [0.717, 1.165) is 38.9 Å². The van der Waals surface area contributed by atoms with Crippen molar-refractivity contribution in [1.82, 2.24) is 9.80 Å². The maximum Gasteiger partial charge on any atom is 0.255 e. The topological polar surface area (TPSA) is 43.8 Å². The van der Waals surface area contributed by atoms with E-state index in [9.17, 15) is 9.90 Å². The van der Waals surface area contributed by atoms with E-state index in [0.29, 0.717) is 18.9 Å². The monoisotopic (exact) mass is 332 g/mol. The first-order valence-corrected chi connectivity index (χ1v) is 9.15. The van der Waals surface area contributed by atoms with Crippen LogP contribution in [0, 0.1) is 5.92 Å². The molecule has 0 aromatic heterocycles. The number of carbonyl (C=O) groups is 1.